The van der Waals surface area contributed by atoms with Crippen LogP contribution in [-0.4, -0.2) is 62.3 Å². The number of likely N-dealkylation sites (N-methyl/N-ethyl adjacent to an activating group) is 1. The maximum absolute atomic E-state index is 11.5. The van der Waals surface area contributed by atoms with E-state index >= 15 is 0 Å². The van der Waals surface area contributed by atoms with Gasteiger partial charge in [-0.3, -0.25) is 4.90 Å². The van der Waals surface area contributed by atoms with Gasteiger partial charge < -0.3 is 19.4 Å². The number of carbonyl (C=O) groups excluding carboxylic acids is 1. The van der Waals surface area contributed by atoms with E-state index in [1.54, 1.807) is 0 Å². The Bertz CT molecular complexity index is 425. The van der Waals surface area contributed by atoms with Crippen molar-refractivity contribution in [3.8, 4) is 0 Å². The van der Waals surface area contributed by atoms with Crippen LogP contribution in [-0.2, 0) is 11.3 Å². The van der Waals surface area contributed by atoms with Gasteiger partial charge in [0.2, 0.25) is 0 Å². The van der Waals surface area contributed by atoms with Crippen LogP contribution < -0.4 is 5.32 Å². The first-order chi connectivity index (χ1) is 9.63. The van der Waals surface area contributed by atoms with Crippen LogP contribution in [0.15, 0.2) is 16.5 Å². The van der Waals surface area contributed by atoms with Crippen molar-refractivity contribution in [2.75, 3.05) is 46.4 Å². The molecule has 0 atom stereocenters. The third kappa shape index (κ3) is 4.86. The molecular weight excluding hydrogens is 258 g/mol. The number of nitrogens with one attached hydrogen (secondary N) is 1. The van der Waals surface area contributed by atoms with Crippen molar-refractivity contribution < 1.29 is 13.9 Å². The Morgan fingerprint density at radius 2 is 2.10 bits per heavy atom. The maximum Gasteiger partial charge on any atom is 0.407 e. The lowest BCUT2D eigenvalue weighted by Crippen LogP contribution is -2.45. The molecule has 112 valence electrons. The summed E-state index contributed by atoms with van der Waals surface area (Å²) in [6, 6.07) is 3.72. The van der Waals surface area contributed by atoms with Gasteiger partial charge in [-0.2, -0.15) is 0 Å². The van der Waals surface area contributed by atoms with E-state index < -0.39 is 6.09 Å². The molecule has 1 fully saturated rings. The van der Waals surface area contributed by atoms with Crippen LogP contribution >= 0.6 is 0 Å². The number of furan rings is 1. The van der Waals surface area contributed by atoms with Crippen LogP contribution in [0.25, 0.3) is 0 Å². The van der Waals surface area contributed by atoms with Crippen LogP contribution in [0.5, 0.6) is 0 Å². The van der Waals surface area contributed by atoms with Crippen LogP contribution in [0.3, 0.4) is 0 Å². The van der Waals surface area contributed by atoms with Crippen LogP contribution in [0.4, 0.5) is 4.79 Å². The van der Waals surface area contributed by atoms with Gasteiger partial charge in [-0.25, -0.2) is 4.79 Å². The van der Waals surface area contributed by atoms with E-state index in [-0.39, 0.29) is 0 Å². The zero-order chi connectivity index (χ0) is 14.4. The van der Waals surface area contributed by atoms with E-state index in [4.69, 9.17) is 9.15 Å². The fourth-order valence-electron chi connectivity index (χ4n) is 2.13. The lowest BCUT2D eigenvalue weighted by atomic mass is 10.3. The molecule has 0 bridgehead atoms. The van der Waals surface area contributed by atoms with E-state index in [1.165, 1.54) is 0 Å². The number of amides is 1. The Morgan fingerprint density at radius 3 is 2.75 bits per heavy atom. The number of ether oxygens (including phenoxy) is 1. The summed E-state index contributed by atoms with van der Waals surface area (Å²) in [6.07, 6.45) is -0.395. The summed E-state index contributed by atoms with van der Waals surface area (Å²) in [5, 5.41) is 2.68. The third-order valence-electron chi connectivity index (χ3n) is 3.44. The molecule has 0 aliphatic carbocycles. The van der Waals surface area contributed by atoms with Gasteiger partial charge >= 0.3 is 6.09 Å². The minimum Gasteiger partial charge on any atom is -0.465 e. The number of aryl methyl sites for hydroxylation is 1. The number of alkyl carbamates (subject to hydrolysis) is 1. The standard InChI is InChI=1S/C14H23N3O3/c1-12-3-4-13(20-12)11-15-14(18)19-10-9-17-7-5-16(2)6-8-17/h3-4H,5-11H2,1-2H3,(H,15,18). The topological polar surface area (TPSA) is 58.0 Å². The van der Waals surface area contributed by atoms with Crippen molar-refractivity contribution in [1.29, 1.82) is 0 Å². The quantitative estimate of drug-likeness (QED) is 0.874. The molecule has 1 aliphatic rings. The minimum absolute atomic E-state index is 0.362. The normalized spacial score (nSPS) is 17.1. The highest BCUT2D eigenvalue weighted by molar-refractivity contribution is 5.67. The highest BCUT2D eigenvalue weighted by Crippen LogP contribution is 2.05. The van der Waals surface area contributed by atoms with E-state index in [9.17, 15) is 4.79 Å². The smallest absolute Gasteiger partial charge is 0.407 e. The number of rotatable bonds is 5. The summed E-state index contributed by atoms with van der Waals surface area (Å²) in [4.78, 5) is 16.1. The largest absolute Gasteiger partial charge is 0.465 e. The molecule has 0 radical (unpaired) electrons. The molecule has 6 heteroatoms. The van der Waals surface area contributed by atoms with Gasteiger partial charge in [0.05, 0.1) is 6.54 Å². The van der Waals surface area contributed by atoms with Crippen molar-refractivity contribution in [1.82, 2.24) is 15.1 Å². The average molecular weight is 281 g/mol. The number of hydrogen-bond donors (Lipinski definition) is 1. The molecule has 0 aromatic carbocycles. The Labute approximate surface area is 119 Å². The second kappa shape index (κ2) is 7.31. The second-order valence-electron chi connectivity index (χ2n) is 5.15. The van der Waals surface area contributed by atoms with Gasteiger partial charge in [0.15, 0.2) is 0 Å². The van der Waals surface area contributed by atoms with Crippen LogP contribution in [0.1, 0.15) is 11.5 Å². The fourth-order valence-corrected chi connectivity index (χ4v) is 2.13. The molecule has 1 amide bonds. The maximum atomic E-state index is 11.5. The molecule has 0 saturated carbocycles. The molecule has 1 aliphatic heterocycles. The molecule has 2 rings (SSSR count). The zero-order valence-electron chi connectivity index (χ0n) is 12.2. The lowest BCUT2D eigenvalue weighted by Gasteiger charge is -2.31. The van der Waals surface area contributed by atoms with Crippen molar-refractivity contribution in [3.05, 3.63) is 23.7 Å². The summed E-state index contributed by atoms with van der Waals surface area (Å²) < 4.78 is 10.5. The summed E-state index contributed by atoms with van der Waals surface area (Å²) in [6.45, 7) is 7.67. The molecule has 1 N–H and O–H groups in total. The first-order valence-electron chi connectivity index (χ1n) is 7.00. The predicted octanol–water partition coefficient (Wildman–Crippen LogP) is 1.06. The van der Waals surface area contributed by atoms with E-state index in [0.717, 1.165) is 44.2 Å². The minimum atomic E-state index is -0.395. The molecule has 1 aromatic rings. The molecule has 6 nitrogen and oxygen atoms in total. The molecule has 20 heavy (non-hydrogen) atoms. The van der Waals surface area contributed by atoms with E-state index in [1.807, 2.05) is 19.1 Å². The van der Waals surface area contributed by atoms with Crippen LogP contribution in [0.2, 0.25) is 0 Å². The molecule has 1 aromatic heterocycles. The average Bonchev–Trinajstić information content (AvgIpc) is 2.85. The van der Waals surface area contributed by atoms with Gasteiger partial charge in [-0.15, -0.1) is 0 Å². The van der Waals surface area contributed by atoms with Crippen molar-refractivity contribution >= 4 is 6.09 Å². The summed E-state index contributed by atoms with van der Waals surface area (Å²) in [5.41, 5.74) is 0. The Balaban J connectivity index is 1.56. The highest BCUT2D eigenvalue weighted by Gasteiger charge is 2.13. The number of nitrogens with zero attached hydrogens (tertiary/aromatic N) is 2. The van der Waals surface area contributed by atoms with Gasteiger partial charge in [0.25, 0.3) is 0 Å². The second-order valence-corrected chi connectivity index (χ2v) is 5.15. The first-order valence-corrected chi connectivity index (χ1v) is 7.00. The molecule has 0 spiro atoms. The van der Waals surface area contributed by atoms with Crippen LogP contribution in [0, 0.1) is 6.92 Å². The van der Waals surface area contributed by atoms with E-state index in [2.05, 4.69) is 22.2 Å². The van der Waals surface area contributed by atoms with Crippen molar-refractivity contribution in [2.24, 2.45) is 0 Å². The molecule has 0 unspecified atom stereocenters. The Hall–Kier alpha value is -1.53. The molecular formula is C14H23N3O3. The zero-order valence-corrected chi connectivity index (χ0v) is 12.2. The molecule has 1 saturated heterocycles. The van der Waals surface area contributed by atoms with Gasteiger partial charge in [0, 0.05) is 32.7 Å². The Kier molecular flexibility index (Phi) is 5.43. The van der Waals surface area contributed by atoms with Gasteiger partial charge in [-0.05, 0) is 26.1 Å². The SMILES string of the molecule is Cc1ccc(CNC(=O)OCCN2CCN(C)CC2)o1. The van der Waals surface area contributed by atoms with Gasteiger partial charge in [0.1, 0.15) is 18.1 Å². The summed E-state index contributed by atoms with van der Waals surface area (Å²) in [5.74, 6) is 1.57. The lowest BCUT2D eigenvalue weighted by molar-refractivity contribution is 0.103. The highest BCUT2D eigenvalue weighted by atomic mass is 16.5. The van der Waals surface area contributed by atoms with E-state index in [0.29, 0.717) is 13.2 Å². The molecule has 2 heterocycles. The number of carbonyl (C=O) groups is 1. The summed E-state index contributed by atoms with van der Waals surface area (Å²) >= 11 is 0. The number of hydrogen-bond acceptors (Lipinski definition) is 5. The number of piperazine rings is 1. The van der Waals surface area contributed by atoms with Crippen molar-refractivity contribution in [2.45, 2.75) is 13.5 Å². The van der Waals surface area contributed by atoms with Crippen molar-refractivity contribution in [3.63, 3.8) is 0 Å². The fraction of sp³-hybridized carbons (Fsp3) is 0.643. The third-order valence-corrected chi connectivity index (χ3v) is 3.44. The van der Waals surface area contributed by atoms with Gasteiger partial charge in [-0.1, -0.05) is 0 Å². The Morgan fingerprint density at radius 1 is 1.35 bits per heavy atom. The summed E-state index contributed by atoms with van der Waals surface area (Å²) in [7, 11) is 2.12. The first kappa shape index (κ1) is 14.9. The monoisotopic (exact) mass is 281 g/mol. The predicted molar refractivity (Wildman–Crippen MR) is 75.6 cm³/mol.